The van der Waals surface area contributed by atoms with Crippen LogP contribution >= 0.6 is 0 Å². The maximum absolute atomic E-state index is 11.7. The van der Waals surface area contributed by atoms with Gasteiger partial charge < -0.3 is 17.1 Å². The first-order chi connectivity index (χ1) is 13.8. The van der Waals surface area contributed by atoms with E-state index in [2.05, 4.69) is 27.6 Å². The summed E-state index contributed by atoms with van der Waals surface area (Å²) in [7, 11) is 4.28. The molecule has 0 aliphatic heterocycles. The lowest BCUT2D eigenvalue weighted by Crippen LogP contribution is -3.00. The Hall–Kier alpha value is -0.540. The summed E-state index contributed by atoms with van der Waals surface area (Å²) in [5.41, 5.74) is 0.472. The Labute approximate surface area is 195 Å². The van der Waals surface area contributed by atoms with Gasteiger partial charge in [0.15, 0.2) is 0 Å². The monoisotopic (exact) mass is 445 g/mol. The van der Waals surface area contributed by atoms with Crippen LogP contribution in [-0.2, 0) is 9.53 Å². The molecule has 180 valence electrons. The van der Waals surface area contributed by atoms with Crippen molar-refractivity contribution in [1.29, 1.82) is 0 Å². The summed E-state index contributed by atoms with van der Waals surface area (Å²) in [5, 5.41) is 0. The minimum atomic E-state index is -0.282. The number of carbonyl (C=O) groups is 1. The molecular weight excluding hydrogens is 394 g/mol. The van der Waals surface area contributed by atoms with Gasteiger partial charge >= 0.3 is 5.97 Å². The van der Waals surface area contributed by atoms with Crippen LogP contribution in [0, 0.1) is 0 Å². The summed E-state index contributed by atoms with van der Waals surface area (Å²) < 4.78 is 6.21. The quantitative estimate of drug-likeness (QED) is 0.0884. The van der Waals surface area contributed by atoms with E-state index in [9.17, 15) is 4.79 Å². The van der Waals surface area contributed by atoms with Gasteiger partial charge in [-0.05, 0) is 19.8 Å². The average molecular weight is 446 g/mol. The number of ether oxygens (including phenoxy) is 1. The molecule has 0 saturated heterocycles. The summed E-state index contributed by atoms with van der Waals surface area (Å²) >= 11 is 0. The lowest BCUT2D eigenvalue weighted by molar-refractivity contribution is -0.932. The molecule has 0 heterocycles. The Morgan fingerprint density at radius 3 is 1.43 bits per heavy atom. The highest BCUT2D eigenvalue weighted by Gasteiger charge is 2.26. The molecule has 4 heteroatoms. The fourth-order valence-electron chi connectivity index (χ4n) is 3.65. The SMILES string of the molecule is C=C(C)C(=O)OC(C)[N+](C)(C)CCCCCCCCCCCCCCCCCC.[Cl-]. The van der Waals surface area contributed by atoms with Crippen LogP contribution in [0.4, 0.5) is 0 Å². The molecule has 3 nitrogen and oxygen atoms in total. The van der Waals surface area contributed by atoms with Crippen molar-refractivity contribution in [3.63, 3.8) is 0 Å². The molecule has 0 spiro atoms. The van der Waals surface area contributed by atoms with E-state index in [-0.39, 0.29) is 24.6 Å². The number of halogens is 1. The van der Waals surface area contributed by atoms with E-state index in [0.29, 0.717) is 5.57 Å². The number of hydrogen-bond acceptors (Lipinski definition) is 2. The van der Waals surface area contributed by atoms with Crippen molar-refractivity contribution >= 4 is 5.97 Å². The lowest BCUT2D eigenvalue weighted by atomic mass is 10.0. The molecular formula is C26H52ClNO2. The molecule has 1 unspecified atom stereocenters. The number of unbranched alkanes of at least 4 members (excludes halogenated alkanes) is 15. The van der Waals surface area contributed by atoms with Crippen molar-refractivity contribution in [1.82, 2.24) is 0 Å². The van der Waals surface area contributed by atoms with Crippen molar-refractivity contribution in [2.45, 2.75) is 130 Å². The first kappa shape index (κ1) is 31.6. The third-order valence-corrected chi connectivity index (χ3v) is 6.20. The van der Waals surface area contributed by atoms with Gasteiger partial charge in [-0.15, -0.1) is 0 Å². The molecule has 0 aliphatic carbocycles. The summed E-state index contributed by atoms with van der Waals surface area (Å²) in [4.78, 5) is 11.7. The van der Waals surface area contributed by atoms with E-state index < -0.39 is 0 Å². The molecule has 0 saturated carbocycles. The standard InChI is InChI=1S/C26H52NO2.ClH/c1-7-8-9-10-11-12-13-14-15-16-17-18-19-20-21-22-23-27(5,6)25(4)29-26(28)24(2)3;/h25H,2,7-23H2,1,3-6H3;1H/q+1;/p-1. The van der Waals surface area contributed by atoms with Crippen LogP contribution in [0.2, 0.25) is 0 Å². The summed E-state index contributed by atoms with van der Waals surface area (Å²) in [5.74, 6) is -0.282. The van der Waals surface area contributed by atoms with Crippen LogP contribution in [0.5, 0.6) is 0 Å². The normalized spacial score (nSPS) is 12.3. The lowest BCUT2D eigenvalue weighted by Gasteiger charge is -2.35. The zero-order chi connectivity index (χ0) is 22.0. The fourth-order valence-corrected chi connectivity index (χ4v) is 3.65. The Kier molecular flexibility index (Phi) is 21.5. The van der Waals surface area contributed by atoms with Gasteiger partial charge in [-0.3, -0.25) is 4.48 Å². The Morgan fingerprint density at radius 2 is 1.10 bits per heavy atom. The first-order valence-electron chi connectivity index (χ1n) is 12.5. The van der Waals surface area contributed by atoms with Crippen molar-refractivity contribution in [2.75, 3.05) is 20.6 Å². The average Bonchev–Trinajstić information content (AvgIpc) is 2.67. The van der Waals surface area contributed by atoms with E-state index in [1.54, 1.807) is 6.92 Å². The second kappa shape index (κ2) is 20.4. The van der Waals surface area contributed by atoms with Crippen molar-refractivity contribution in [3.05, 3.63) is 12.2 Å². The molecule has 30 heavy (non-hydrogen) atoms. The molecule has 1 atom stereocenters. The molecule has 0 aromatic rings. The van der Waals surface area contributed by atoms with Crippen LogP contribution in [0.25, 0.3) is 0 Å². The molecule has 0 rings (SSSR count). The third-order valence-electron chi connectivity index (χ3n) is 6.20. The molecule has 0 N–H and O–H groups in total. The van der Waals surface area contributed by atoms with Gasteiger partial charge in [-0.1, -0.05) is 103 Å². The van der Waals surface area contributed by atoms with Gasteiger partial charge in [0.25, 0.3) is 0 Å². The molecule has 0 aromatic carbocycles. The van der Waals surface area contributed by atoms with Crippen LogP contribution in [0.1, 0.15) is 124 Å². The zero-order valence-electron chi connectivity index (χ0n) is 20.9. The van der Waals surface area contributed by atoms with Gasteiger partial charge in [-0.2, -0.15) is 0 Å². The molecule has 0 aromatic heterocycles. The highest BCUT2D eigenvalue weighted by Crippen LogP contribution is 2.16. The molecule has 0 bridgehead atoms. The van der Waals surface area contributed by atoms with Gasteiger partial charge in [-0.25, -0.2) is 4.79 Å². The minimum Gasteiger partial charge on any atom is -1.00 e. The van der Waals surface area contributed by atoms with Crippen LogP contribution in [0.3, 0.4) is 0 Å². The predicted octanol–water partition coefficient (Wildman–Crippen LogP) is 4.79. The van der Waals surface area contributed by atoms with E-state index in [0.717, 1.165) is 11.0 Å². The van der Waals surface area contributed by atoms with Crippen LogP contribution < -0.4 is 12.4 Å². The Morgan fingerprint density at radius 1 is 0.767 bits per heavy atom. The number of quaternary nitrogens is 1. The van der Waals surface area contributed by atoms with Crippen molar-refractivity contribution in [2.24, 2.45) is 0 Å². The molecule has 0 aliphatic rings. The number of hydrogen-bond donors (Lipinski definition) is 0. The summed E-state index contributed by atoms with van der Waals surface area (Å²) in [6.45, 7) is 10.7. The number of nitrogens with zero attached hydrogens (tertiary/aromatic N) is 1. The van der Waals surface area contributed by atoms with Crippen LogP contribution in [-0.4, -0.2) is 37.3 Å². The molecule has 0 amide bonds. The first-order valence-corrected chi connectivity index (χ1v) is 12.5. The second-order valence-electron chi connectivity index (χ2n) is 9.59. The van der Waals surface area contributed by atoms with Gasteiger partial charge in [0.05, 0.1) is 20.6 Å². The minimum absolute atomic E-state index is 0. The van der Waals surface area contributed by atoms with E-state index in [1.807, 2.05) is 6.92 Å². The summed E-state index contributed by atoms with van der Waals surface area (Å²) in [6, 6.07) is 0. The largest absolute Gasteiger partial charge is 1.00 e. The second-order valence-corrected chi connectivity index (χ2v) is 9.59. The number of carbonyl (C=O) groups excluding carboxylic acids is 1. The highest BCUT2D eigenvalue weighted by atomic mass is 35.5. The Bertz CT molecular complexity index is 423. The van der Waals surface area contributed by atoms with Gasteiger partial charge in [0.2, 0.25) is 6.23 Å². The zero-order valence-corrected chi connectivity index (χ0v) is 21.7. The smallest absolute Gasteiger partial charge is 0.337 e. The number of esters is 1. The van der Waals surface area contributed by atoms with Crippen LogP contribution in [0.15, 0.2) is 12.2 Å². The maximum Gasteiger partial charge on any atom is 0.337 e. The third kappa shape index (κ3) is 18.2. The van der Waals surface area contributed by atoms with Crippen molar-refractivity contribution < 1.29 is 26.4 Å². The van der Waals surface area contributed by atoms with Crippen molar-refractivity contribution in [3.8, 4) is 0 Å². The fraction of sp³-hybridized carbons (Fsp3) is 0.885. The van der Waals surface area contributed by atoms with E-state index >= 15 is 0 Å². The van der Waals surface area contributed by atoms with Gasteiger partial charge in [0.1, 0.15) is 0 Å². The number of rotatable bonds is 20. The maximum atomic E-state index is 11.7. The Balaban J connectivity index is 0. The van der Waals surface area contributed by atoms with E-state index in [4.69, 9.17) is 4.74 Å². The van der Waals surface area contributed by atoms with Gasteiger partial charge in [0, 0.05) is 12.5 Å². The highest BCUT2D eigenvalue weighted by molar-refractivity contribution is 5.86. The molecule has 0 fully saturated rings. The molecule has 0 radical (unpaired) electrons. The van der Waals surface area contributed by atoms with E-state index in [1.165, 1.54) is 103 Å². The summed E-state index contributed by atoms with van der Waals surface area (Å²) in [6.07, 6.45) is 22.1. The topological polar surface area (TPSA) is 26.3 Å². The predicted molar refractivity (Wildman–Crippen MR) is 127 cm³/mol.